The lowest BCUT2D eigenvalue weighted by Crippen LogP contribution is -1.90. The van der Waals surface area contributed by atoms with Gasteiger partial charge < -0.3 is 4.29 Å². The van der Waals surface area contributed by atoms with Crippen LogP contribution in [0.5, 0.6) is 0 Å². The maximum atomic E-state index is 12.9. The van der Waals surface area contributed by atoms with Crippen molar-refractivity contribution in [2.24, 2.45) is 0 Å². The minimum absolute atomic E-state index is 0.0773. The van der Waals surface area contributed by atoms with Gasteiger partial charge in [0, 0.05) is 17.7 Å². The first kappa shape index (κ1) is 10.7. The van der Waals surface area contributed by atoms with Gasteiger partial charge in [-0.2, -0.15) is 0 Å². The second-order valence-electron chi connectivity index (χ2n) is 2.40. The molecule has 0 aliphatic carbocycles. The zero-order valence-corrected chi connectivity index (χ0v) is 7.59. The Balaban J connectivity index is 2.87. The van der Waals surface area contributed by atoms with Crippen LogP contribution in [0.2, 0.25) is 0 Å². The van der Waals surface area contributed by atoms with Crippen LogP contribution in [-0.2, 0) is 9.08 Å². The summed E-state index contributed by atoms with van der Waals surface area (Å²) < 4.78 is 29.1. The molecule has 0 heterocycles. The summed E-state index contributed by atoms with van der Waals surface area (Å²) in [4.78, 5) is 10.5. The second-order valence-corrected chi connectivity index (χ2v) is 2.55. The molecule has 0 N–H and O–H groups in total. The zero-order chi connectivity index (χ0) is 10.6. The quantitative estimate of drug-likeness (QED) is 0.714. The van der Waals surface area contributed by atoms with Crippen LogP contribution in [-0.4, -0.2) is 5.97 Å². The molecule has 0 aliphatic rings. The Morgan fingerprint density at radius 3 is 2.71 bits per heavy atom. The Morgan fingerprint density at radius 2 is 2.14 bits per heavy atom. The van der Waals surface area contributed by atoms with Gasteiger partial charge in [-0.05, 0) is 18.2 Å². The zero-order valence-electron chi connectivity index (χ0n) is 6.84. The van der Waals surface area contributed by atoms with Gasteiger partial charge in [0.15, 0.2) is 0 Å². The van der Waals surface area contributed by atoms with Crippen molar-refractivity contribution in [3.05, 3.63) is 41.5 Å². The fourth-order valence-electron chi connectivity index (χ4n) is 0.820. The van der Waals surface area contributed by atoms with E-state index in [1.54, 1.807) is 0 Å². The first-order chi connectivity index (χ1) is 6.63. The molecule has 74 valence electrons. The standard InChI is InChI=1S/C9H5ClF2O2/c10-14-9(13)4-2-6-1-3-7(11)5-8(6)12/h1-5H/b4-2+. The lowest BCUT2D eigenvalue weighted by Gasteiger charge is -1.95. The predicted octanol–water partition coefficient (Wildman–Crippen LogP) is 2.68. The van der Waals surface area contributed by atoms with E-state index in [2.05, 4.69) is 4.29 Å². The Bertz CT molecular complexity index is 377. The van der Waals surface area contributed by atoms with Crippen molar-refractivity contribution in [2.45, 2.75) is 0 Å². The second kappa shape index (κ2) is 4.72. The molecule has 0 aliphatic heterocycles. The fourth-order valence-corrected chi connectivity index (χ4v) is 0.872. The molecule has 5 heteroatoms. The van der Waals surface area contributed by atoms with Crippen LogP contribution in [0, 0.1) is 11.6 Å². The van der Waals surface area contributed by atoms with Crippen LogP contribution in [0.25, 0.3) is 6.08 Å². The van der Waals surface area contributed by atoms with E-state index < -0.39 is 17.6 Å². The van der Waals surface area contributed by atoms with Gasteiger partial charge >= 0.3 is 5.97 Å². The third-order valence-corrected chi connectivity index (χ3v) is 1.59. The van der Waals surface area contributed by atoms with Gasteiger partial charge in [0.25, 0.3) is 0 Å². The van der Waals surface area contributed by atoms with Gasteiger partial charge in [-0.3, -0.25) is 0 Å². The maximum Gasteiger partial charge on any atom is 0.349 e. The van der Waals surface area contributed by atoms with Crippen LogP contribution >= 0.6 is 11.9 Å². The van der Waals surface area contributed by atoms with Crippen molar-refractivity contribution >= 4 is 23.9 Å². The summed E-state index contributed by atoms with van der Waals surface area (Å²) in [5.74, 6) is -2.27. The fraction of sp³-hybridized carbons (Fsp3) is 0. The minimum Gasteiger partial charge on any atom is -0.344 e. The smallest absolute Gasteiger partial charge is 0.344 e. The molecule has 0 aromatic heterocycles. The van der Waals surface area contributed by atoms with E-state index in [1.807, 2.05) is 0 Å². The molecule has 1 aromatic carbocycles. The summed E-state index contributed by atoms with van der Waals surface area (Å²) in [6, 6.07) is 2.99. The van der Waals surface area contributed by atoms with E-state index in [4.69, 9.17) is 11.9 Å². The van der Waals surface area contributed by atoms with E-state index in [-0.39, 0.29) is 5.56 Å². The molecule has 0 bridgehead atoms. The van der Waals surface area contributed by atoms with Gasteiger partial charge in [0.05, 0.1) is 0 Å². The normalized spacial score (nSPS) is 10.5. The SMILES string of the molecule is O=C(/C=C/c1ccc(F)cc1F)OCl. The summed E-state index contributed by atoms with van der Waals surface area (Å²) in [6.45, 7) is 0. The molecular formula is C9H5ClF2O2. The molecule has 0 saturated heterocycles. The number of hydrogen-bond acceptors (Lipinski definition) is 2. The van der Waals surface area contributed by atoms with Crippen LogP contribution in [0.1, 0.15) is 5.56 Å². The minimum atomic E-state index is -0.824. The van der Waals surface area contributed by atoms with Crippen LogP contribution in [0.3, 0.4) is 0 Å². The van der Waals surface area contributed by atoms with Crippen molar-refractivity contribution in [2.75, 3.05) is 0 Å². The average molecular weight is 219 g/mol. The van der Waals surface area contributed by atoms with Crippen LogP contribution < -0.4 is 0 Å². The Hall–Kier alpha value is -1.42. The third-order valence-electron chi connectivity index (χ3n) is 1.44. The van der Waals surface area contributed by atoms with Crippen molar-refractivity contribution in [3.8, 4) is 0 Å². The predicted molar refractivity (Wildman–Crippen MR) is 47.3 cm³/mol. The molecular weight excluding hydrogens is 214 g/mol. The van der Waals surface area contributed by atoms with Gasteiger partial charge in [0.2, 0.25) is 0 Å². The topological polar surface area (TPSA) is 26.3 Å². The Labute approximate surface area is 83.9 Å². The number of hydrogen-bond donors (Lipinski definition) is 0. The summed E-state index contributed by atoms with van der Waals surface area (Å²) >= 11 is 4.73. The molecule has 0 radical (unpaired) electrons. The highest BCUT2D eigenvalue weighted by atomic mass is 35.5. The average Bonchev–Trinajstić information content (AvgIpc) is 2.16. The van der Waals surface area contributed by atoms with Crippen LogP contribution in [0.4, 0.5) is 8.78 Å². The molecule has 1 aromatic rings. The number of carbonyl (C=O) groups excluding carboxylic acids is 1. The van der Waals surface area contributed by atoms with Crippen LogP contribution in [0.15, 0.2) is 24.3 Å². The molecule has 0 fully saturated rings. The Kier molecular flexibility index (Phi) is 3.59. The number of carbonyl (C=O) groups is 1. The Morgan fingerprint density at radius 1 is 1.43 bits per heavy atom. The largest absolute Gasteiger partial charge is 0.349 e. The molecule has 14 heavy (non-hydrogen) atoms. The lowest BCUT2D eigenvalue weighted by molar-refractivity contribution is -0.128. The third kappa shape index (κ3) is 2.81. The van der Waals surface area contributed by atoms with E-state index in [0.29, 0.717) is 6.07 Å². The molecule has 0 saturated carbocycles. The summed E-state index contributed by atoms with van der Waals surface area (Å²) in [7, 11) is 0. The van der Waals surface area contributed by atoms with E-state index in [9.17, 15) is 13.6 Å². The monoisotopic (exact) mass is 218 g/mol. The van der Waals surface area contributed by atoms with E-state index in [0.717, 1.165) is 18.2 Å². The molecule has 2 nitrogen and oxygen atoms in total. The molecule has 0 spiro atoms. The van der Waals surface area contributed by atoms with Crippen molar-refractivity contribution in [1.29, 1.82) is 0 Å². The summed E-state index contributed by atoms with van der Waals surface area (Å²) in [6.07, 6.45) is 2.07. The summed E-state index contributed by atoms with van der Waals surface area (Å²) in [5.41, 5.74) is 0.0773. The number of benzene rings is 1. The first-order valence-electron chi connectivity index (χ1n) is 3.59. The molecule has 0 atom stereocenters. The highest BCUT2D eigenvalue weighted by Crippen LogP contribution is 2.11. The highest BCUT2D eigenvalue weighted by Gasteiger charge is 2.01. The van der Waals surface area contributed by atoms with E-state index >= 15 is 0 Å². The number of halogens is 3. The first-order valence-corrected chi connectivity index (χ1v) is 3.90. The van der Waals surface area contributed by atoms with Crippen molar-refractivity contribution < 1.29 is 17.9 Å². The maximum absolute atomic E-state index is 12.9. The van der Waals surface area contributed by atoms with Gasteiger partial charge in [-0.15, -0.1) is 0 Å². The molecule has 1 rings (SSSR count). The van der Waals surface area contributed by atoms with E-state index in [1.165, 1.54) is 6.07 Å². The number of rotatable bonds is 2. The van der Waals surface area contributed by atoms with Gasteiger partial charge in [-0.25, -0.2) is 13.6 Å². The van der Waals surface area contributed by atoms with Gasteiger partial charge in [-0.1, -0.05) is 0 Å². The molecule has 0 amide bonds. The van der Waals surface area contributed by atoms with Crippen molar-refractivity contribution in [3.63, 3.8) is 0 Å². The lowest BCUT2D eigenvalue weighted by atomic mass is 10.2. The van der Waals surface area contributed by atoms with Crippen molar-refractivity contribution in [1.82, 2.24) is 0 Å². The summed E-state index contributed by atoms with van der Waals surface area (Å²) in [5, 5.41) is 0. The van der Waals surface area contributed by atoms with Gasteiger partial charge in [0.1, 0.15) is 23.5 Å². The highest BCUT2D eigenvalue weighted by molar-refractivity contribution is 6.15. The molecule has 0 unspecified atom stereocenters.